The lowest BCUT2D eigenvalue weighted by atomic mass is 10.1. The molecule has 1 aromatic carbocycles. The van der Waals surface area contributed by atoms with Crippen LogP contribution in [0.5, 0.6) is 0 Å². The molecule has 0 spiro atoms. The minimum Gasteiger partial charge on any atom is -0.303 e. The Morgan fingerprint density at radius 1 is 1.40 bits per heavy atom. The Kier molecular flexibility index (Phi) is 2.75. The van der Waals surface area contributed by atoms with Crippen LogP contribution in [0.1, 0.15) is 5.56 Å². The van der Waals surface area contributed by atoms with E-state index in [-0.39, 0.29) is 0 Å². The van der Waals surface area contributed by atoms with E-state index in [1.165, 1.54) is 5.56 Å². The Balaban J connectivity index is 2.63. The maximum Gasteiger partial charge on any atom is 0.195 e. The molecule has 5 heteroatoms. The van der Waals surface area contributed by atoms with E-state index >= 15 is 0 Å². The summed E-state index contributed by atoms with van der Waals surface area (Å²) in [6.07, 6.45) is 0. The summed E-state index contributed by atoms with van der Waals surface area (Å²) in [6.45, 7) is 2.05. The summed E-state index contributed by atoms with van der Waals surface area (Å²) in [5, 5.41) is 6.97. The first-order valence-electron chi connectivity index (χ1n) is 4.47. The molecule has 0 atom stereocenters. The molecule has 0 fully saturated rings. The second-order valence-electron chi connectivity index (χ2n) is 3.43. The molecule has 0 unspecified atom stereocenters. The number of hydrogen-bond donors (Lipinski definition) is 1. The monoisotopic (exact) mass is 283 g/mol. The quantitative estimate of drug-likeness (QED) is 0.816. The Labute approximate surface area is 101 Å². The number of nitrogens with one attached hydrogen (secondary N) is 1. The number of aromatic amines is 1. The number of aryl methyl sites for hydroxylation is 1. The van der Waals surface area contributed by atoms with Crippen LogP contribution < -0.4 is 0 Å². The van der Waals surface area contributed by atoms with Gasteiger partial charge in [-0.2, -0.15) is 5.10 Å². The molecule has 0 amide bonds. The van der Waals surface area contributed by atoms with Crippen LogP contribution in [0.3, 0.4) is 0 Å². The van der Waals surface area contributed by atoms with Gasteiger partial charge in [-0.1, -0.05) is 15.9 Å². The summed E-state index contributed by atoms with van der Waals surface area (Å²) < 4.78 is 3.53. The molecule has 0 bridgehead atoms. The Hall–Kier alpha value is -0.940. The van der Waals surface area contributed by atoms with Gasteiger partial charge in [0.2, 0.25) is 0 Å². The van der Waals surface area contributed by atoms with Gasteiger partial charge in [-0.05, 0) is 42.9 Å². The van der Waals surface area contributed by atoms with Gasteiger partial charge in [0.25, 0.3) is 0 Å². The molecule has 1 aromatic heterocycles. The molecule has 0 saturated heterocycles. The van der Waals surface area contributed by atoms with Crippen LogP contribution in [0.15, 0.2) is 22.7 Å². The molecule has 0 aliphatic rings. The highest BCUT2D eigenvalue weighted by Crippen LogP contribution is 2.22. The fourth-order valence-electron chi connectivity index (χ4n) is 1.47. The maximum atomic E-state index is 5.07. The summed E-state index contributed by atoms with van der Waals surface area (Å²) in [5.41, 5.74) is 2.24. The molecule has 2 rings (SSSR count). The van der Waals surface area contributed by atoms with Crippen molar-refractivity contribution in [3.05, 3.63) is 33.0 Å². The van der Waals surface area contributed by atoms with Gasteiger partial charge in [0.15, 0.2) is 10.6 Å². The van der Waals surface area contributed by atoms with E-state index in [0.717, 1.165) is 15.9 Å². The average Bonchev–Trinajstić information content (AvgIpc) is 2.46. The second-order valence-corrected chi connectivity index (χ2v) is 4.73. The van der Waals surface area contributed by atoms with Crippen LogP contribution in [0.25, 0.3) is 11.4 Å². The van der Waals surface area contributed by atoms with E-state index in [9.17, 15) is 0 Å². The van der Waals surface area contributed by atoms with E-state index in [1.807, 2.05) is 17.7 Å². The lowest BCUT2D eigenvalue weighted by Crippen LogP contribution is -1.93. The predicted molar refractivity (Wildman–Crippen MR) is 66.3 cm³/mol. The second kappa shape index (κ2) is 3.90. The highest BCUT2D eigenvalue weighted by Gasteiger charge is 2.06. The molecule has 2 aromatic rings. The molecule has 1 heterocycles. The number of rotatable bonds is 1. The van der Waals surface area contributed by atoms with Gasteiger partial charge in [-0.15, -0.1) is 0 Å². The summed E-state index contributed by atoms with van der Waals surface area (Å²) in [6, 6.07) is 6.17. The van der Waals surface area contributed by atoms with E-state index < -0.39 is 0 Å². The van der Waals surface area contributed by atoms with E-state index in [1.54, 1.807) is 0 Å². The average molecular weight is 284 g/mol. The third kappa shape index (κ3) is 2.03. The third-order valence-electron chi connectivity index (χ3n) is 2.18. The van der Waals surface area contributed by atoms with Crippen molar-refractivity contribution in [2.24, 2.45) is 7.05 Å². The normalized spacial score (nSPS) is 10.6. The molecule has 3 nitrogen and oxygen atoms in total. The summed E-state index contributed by atoms with van der Waals surface area (Å²) >= 11 is 8.54. The molecule has 78 valence electrons. The van der Waals surface area contributed by atoms with E-state index in [0.29, 0.717) is 4.77 Å². The van der Waals surface area contributed by atoms with Crippen molar-refractivity contribution in [3.63, 3.8) is 0 Å². The van der Waals surface area contributed by atoms with Gasteiger partial charge in [-0.3, -0.25) is 5.10 Å². The first-order chi connectivity index (χ1) is 7.08. The van der Waals surface area contributed by atoms with Crippen LogP contribution in [0.4, 0.5) is 0 Å². The predicted octanol–water partition coefficient (Wildman–Crippen LogP) is 3.22. The lowest BCUT2D eigenvalue weighted by Gasteiger charge is -2.03. The summed E-state index contributed by atoms with van der Waals surface area (Å²) in [7, 11) is 1.90. The SMILES string of the molecule is Cc1cc(Br)cc(-c2n[nH]c(=S)n2C)c1. The highest BCUT2D eigenvalue weighted by atomic mass is 79.9. The molecule has 0 aliphatic heterocycles. The van der Waals surface area contributed by atoms with Crippen LogP contribution in [0.2, 0.25) is 0 Å². The van der Waals surface area contributed by atoms with Gasteiger partial charge in [0, 0.05) is 17.1 Å². The molecule has 0 radical (unpaired) electrons. The molecule has 15 heavy (non-hydrogen) atoms. The van der Waals surface area contributed by atoms with Crippen LogP contribution >= 0.6 is 28.1 Å². The highest BCUT2D eigenvalue weighted by molar-refractivity contribution is 9.10. The van der Waals surface area contributed by atoms with Crippen LogP contribution in [-0.2, 0) is 7.05 Å². The minimum atomic E-state index is 0.627. The zero-order valence-corrected chi connectivity index (χ0v) is 10.8. The first-order valence-corrected chi connectivity index (χ1v) is 5.67. The zero-order chi connectivity index (χ0) is 11.0. The zero-order valence-electron chi connectivity index (χ0n) is 8.41. The maximum absolute atomic E-state index is 5.07. The topological polar surface area (TPSA) is 33.6 Å². The van der Waals surface area contributed by atoms with E-state index in [2.05, 4.69) is 45.2 Å². The van der Waals surface area contributed by atoms with Gasteiger partial charge in [0.1, 0.15) is 0 Å². The van der Waals surface area contributed by atoms with E-state index in [4.69, 9.17) is 12.2 Å². The van der Waals surface area contributed by atoms with Crippen molar-refractivity contribution in [2.45, 2.75) is 6.92 Å². The third-order valence-corrected chi connectivity index (χ3v) is 3.00. The van der Waals surface area contributed by atoms with Crippen molar-refractivity contribution in [1.29, 1.82) is 0 Å². The van der Waals surface area contributed by atoms with Gasteiger partial charge in [0.05, 0.1) is 0 Å². The van der Waals surface area contributed by atoms with Gasteiger partial charge < -0.3 is 4.57 Å². The first kappa shape index (κ1) is 10.6. The largest absolute Gasteiger partial charge is 0.303 e. The smallest absolute Gasteiger partial charge is 0.195 e. The van der Waals surface area contributed by atoms with Crippen molar-refractivity contribution in [2.75, 3.05) is 0 Å². The Morgan fingerprint density at radius 2 is 2.13 bits per heavy atom. The van der Waals surface area contributed by atoms with Crippen LogP contribution in [-0.4, -0.2) is 14.8 Å². The summed E-state index contributed by atoms with van der Waals surface area (Å²) in [4.78, 5) is 0. The lowest BCUT2D eigenvalue weighted by molar-refractivity contribution is 0.901. The molecule has 0 aliphatic carbocycles. The number of H-pyrrole nitrogens is 1. The Morgan fingerprint density at radius 3 is 2.67 bits per heavy atom. The molecule has 1 N–H and O–H groups in total. The number of nitrogens with zero attached hydrogens (tertiary/aromatic N) is 2. The molecular formula is C10H10BrN3S. The number of aromatic nitrogens is 3. The standard InChI is InChI=1S/C10H10BrN3S/c1-6-3-7(5-8(11)4-6)9-12-13-10(15)14(9)2/h3-5H,1-2H3,(H,13,15). The molecule has 0 saturated carbocycles. The van der Waals surface area contributed by atoms with Gasteiger partial charge in [-0.25, -0.2) is 0 Å². The minimum absolute atomic E-state index is 0.627. The van der Waals surface area contributed by atoms with Crippen molar-refractivity contribution in [1.82, 2.24) is 14.8 Å². The fourth-order valence-corrected chi connectivity index (χ4v) is 2.21. The number of hydrogen-bond acceptors (Lipinski definition) is 2. The number of benzene rings is 1. The van der Waals surface area contributed by atoms with Crippen molar-refractivity contribution >= 4 is 28.1 Å². The fraction of sp³-hybridized carbons (Fsp3) is 0.200. The summed E-state index contributed by atoms with van der Waals surface area (Å²) in [5.74, 6) is 0.851. The number of halogens is 1. The van der Waals surface area contributed by atoms with Gasteiger partial charge >= 0.3 is 0 Å². The Bertz CT molecular complexity index is 536. The molecular weight excluding hydrogens is 274 g/mol. The van der Waals surface area contributed by atoms with Crippen LogP contribution in [0, 0.1) is 11.7 Å². The van der Waals surface area contributed by atoms with Crippen molar-refractivity contribution < 1.29 is 0 Å². The van der Waals surface area contributed by atoms with Crippen molar-refractivity contribution in [3.8, 4) is 11.4 Å².